The summed E-state index contributed by atoms with van der Waals surface area (Å²) in [6.07, 6.45) is 0. The monoisotopic (exact) mass is 298 g/mol. The van der Waals surface area contributed by atoms with Crippen LogP contribution in [0, 0.1) is 0 Å². The molecule has 2 N–H and O–H groups in total. The Labute approximate surface area is 131 Å². The summed E-state index contributed by atoms with van der Waals surface area (Å²) >= 11 is 0. The van der Waals surface area contributed by atoms with Gasteiger partial charge in [0.05, 0.1) is 0 Å². The lowest BCUT2D eigenvalue weighted by Gasteiger charge is -2.20. The number of nitrogens with zero attached hydrogens (tertiary/aromatic N) is 2. The number of carbonyl (C=O) groups is 1. The molecule has 22 heavy (non-hydrogen) atoms. The van der Waals surface area contributed by atoms with Crippen LogP contribution >= 0.6 is 0 Å². The van der Waals surface area contributed by atoms with E-state index in [0.29, 0.717) is 11.5 Å². The van der Waals surface area contributed by atoms with E-state index >= 15 is 0 Å². The van der Waals surface area contributed by atoms with Gasteiger partial charge in [0.15, 0.2) is 5.69 Å². The van der Waals surface area contributed by atoms with Crippen molar-refractivity contribution >= 4 is 11.7 Å². The topological polar surface area (TPSA) is 66.9 Å². The molecule has 1 aromatic carbocycles. The second-order valence-corrected chi connectivity index (χ2v) is 6.28. The molecule has 0 bridgehead atoms. The molecule has 2 aromatic rings. The molecule has 1 amide bonds. The number of hydrogen-bond donors (Lipinski definition) is 2. The molecule has 0 fully saturated rings. The standard InChI is InChI=1S/C17H22N4O/c1-12(13-8-6-5-7-9-13)18-15-11-10-14(20-21-15)16(22)19-17(2,3)4/h5-12H,1-4H3,(H,18,21)(H,19,22). The van der Waals surface area contributed by atoms with E-state index in [1.54, 1.807) is 12.1 Å². The minimum absolute atomic E-state index is 0.116. The molecule has 1 unspecified atom stereocenters. The van der Waals surface area contributed by atoms with E-state index in [9.17, 15) is 4.79 Å². The molecule has 116 valence electrons. The van der Waals surface area contributed by atoms with Gasteiger partial charge in [0, 0.05) is 11.6 Å². The maximum Gasteiger partial charge on any atom is 0.272 e. The first kappa shape index (κ1) is 15.9. The van der Waals surface area contributed by atoms with Crippen LogP contribution in [0.4, 0.5) is 5.82 Å². The highest BCUT2D eigenvalue weighted by Crippen LogP contribution is 2.16. The number of aromatic nitrogens is 2. The minimum Gasteiger partial charge on any atom is -0.362 e. The first-order valence-electron chi connectivity index (χ1n) is 7.33. The van der Waals surface area contributed by atoms with Gasteiger partial charge in [-0.2, -0.15) is 0 Å². The van der Waals surface area contributed by atoms with Crippen molar-refractivity contribution in [3.8, 4) is 0 Å². The summed E-state index contributed by atoms with van der Waals surface area (Å²) < 4.78 is 0. The normalized spacial score (nSPS) is 12.5. The van der Waals surface area contributed by atoms with Crippen LogP contribution in [0.2, 0.25) is 0 Å². The smallest absolute Gasteiger partial charge is 0.272 e. The van der Waals surface area contributed by atoms with Gasteiger partial charge in [-0.1, -0.05) is 30.3 Å². The van der Waals surface area contributed by atoms with Crippen LogP contribution in [0.5, 0.6) is 0 Å². The third-order valence-corrected chi connectivity index (χ3v) is 3.05. The predicted octanol–water partition coefficient (Wildman–Crippen LogP) is 3.18. The summed E-state index contributed by atoms with van der Waals surface area (Å²) in [6, 6.07) is 13.6. The summed E-state index contributed by atoms with van der Waals surface area (Å²) in [7, 11) is 0. The van der Waals surface area contributed by atoms with E-state index in [1.165, 1.54) is 5.56 Å². The molecule has 0 saturated heterocycles. The van der Waals surface area contributed by atoms with Crippen LogP contribution in [0.15, 0.2) is 42.5 Å². The summed E-state index contributed by atoms with van der Waals surface area (Å²) in [5.74, 6) is 0.423. The van der Waals surface area contributed by atoms with Gasteiger partial charge < -0.3 is 10.6 Å². The summed E-state index contributed by atoms with van der Waals surface area (Å²) in [6.45, 7) is 7.83. The highest BCUT2D eigenvalue weighted by Gasteiger charge is 2.16. The van der Waals surface area contributed by atoms with Crippen LogP contribution in [-0.4, -0.2) is 21.6 Å². The molecular weight excluding hydrogens is 276 g/mol. The van der Waals surface area contributed by atoms with Gasteiger partial charge in [-0.3, -0.25) is 4.79 Å². The second kappa shape index (κ2) is 6.56. The van der Waals surface area contributed by atoms with E-state index in [-0.39, 0.29) is 17.5 Å². The third kappa shape index (κ3) is 4.55. The number of carbonyl (C=O) groups excluding carboxylic acids is 1. The molecule has 1 aromatic heterocycles. The Morgan fingerprint density at radius 1 is 1.05 bits per heavy atom. The molecule has 2 rings (SSSR count). The lowest BCUT2D eigenvalue weighted by atomic mass is 10.1. The Hall–Kier alpha value is -2.43. The predicted molar refractivity (Wildman–Crippen MR) is 87.7 cm³/mol. The molecule has 0 aliphatic heterocycles. The van der Waals surface area contributed by atoms with Crippen molar-refractivity contribution in [3.63, 3.8) is 0 Å². The van der Waals surface area contributed by atoms with E-state index in [4.69, 9.17) is 0 Å². The molecule has 5 nitrogen and oxygen atoms in total. The number of hydrogen-bond acceptors (Lipinski definition) is 4. The number of benzene rings is 1. The lowest BCUT2D eigenvalue weighted by molar-refractivity contribution is 0.0913. The minimum atomic E-state index is -0.294. The highest BCUT2D eigenvalue weighted by molar-refractivity contribution is 5.92. The van der Waals surface area contributed by atoms with Gasteiger partial charge in [0.25, 0.3) is 5.91 Å². The van der Waals surface area contributed by atoms with Gasteiger partial charge in [-0.05, 0) is 45.4 Å². The van der Waals surface area contributed by atoms with Crippen molar-refractivity contribution in [2.45, 2.75) is 39.3 Å². The van der Waals surface area contributed by atoms with Gasteiger partial charge in [0.2, 0.25) is 0 Å². The van der Waals surface area contributed by atoms with Crippen LogP contribution in [0.1, 0.15) is 49.8 Å². The largest absolute Gasteiger partial charge is 0.362 e. The van der Waals surface area contributed by atoms with Crippen molar-refractivity contribution < 1.29 is 4.79 Å². The molecule has 5 heteroatoms. The van der Waals surface area contributed by atoms with Gasteiger partial charge in [-0.15, -0.1) is 10.2 Å². The van der Waals surface area contributed by atoms with E-state index < -0.39 is 0 Å². The number of anilines is 1. The van der Waals surface area contributed by atoms with Crippen LogP contribution < -0.4 is 10.6 Å². The molecule has 0 radical (unpaired) electrons. The Morgan fingerprint density at radius 3 is 2.27 bits per heavy atom. The molecule has 0 aliphatic rings. The molecular formula is C17H22N4O. The highest BCUT2D eigenvalue weighted by atomic mass is 16.2. The van der Waals surface area contributed by atoms with E-state index in [1.807, 2.05) is 39.0 Å². The Balaban J connectivity index is 2.02. The first-order chi connectivity index (χ1) is 10.3. The summed E-state index contributed by atoms with van der Waals surface area (Å²) in [5.41, 5.74) is 1.18. The van der Waals surface area contributed by atoms with E-state index in [0.717, 1.165) is 0 Å². The fourth-order valence-corrected chi connectivity index (χ4v) is 1.98. The fourth-order valence-electron chi connectivity index (χ4n) is 1.98. The Bertz CT molecular complexity index is 617. The van der Waals surface area contributed by atoms with Crippen molar-refractivity contribution in [1.29, 1.82) is 0 Å². The molecule has 0 aliphatic carbocycles. The van der Waals surface area contributed by atoms with Crippen molar-refractivity contribution in [2.24, 2.45) is 0 Å². The average Bonchev–Trinajstić information content (AvgIpc) is 2.47. The zero-order valence-electron chi connectivity index (χ0n) is 13.4. The maximum atomic E-state index is 12.0. The first-order valence-corrected chi connectivity index (χ1v) is 7.33. The lowest BCUT2D eigenvalue weighted by Crippen LogP contribution is -2.41. The van der Waals surface area contributed by atoms with Crippen LogP contribution in [0.25, 0.3) is 0 Å². The maximum absolute atomic E-state index is 12.0. The quantitative estimate of drug-likeness (QED) is 0.909. The molecule has 1 atom stereocenters. The Morgan fingerprint density at radius 2 is 1.73 bits per heavy atom. The zero-order chi connectivity index (χ0) is 16.2. The van der Waals surface area contributed by atoms with Crippen LogP contribution in [-0.2, 0) is 0 Å². The average molecular weight is 298 g/mol. The van der Waals surface area contributed by atoms with E-state index in [2.05, 4.69) is 39.9 Å². The van der Waals surface area contributed by atoms with Crippen molar-refractivity contribution in [2.75, 3.05) is 5.32 Å². The summed E-state index contributed by atoms with van der Waals surface area (Å²) in [4.78, 5) is 12.0. The van der Waals surface area contributed by atoms with Crippen molar-refractivity contribution in [1.82, 2.24) is 15.5 Å². The Kier molecular flexibility index (Phi) is 4.75. The molecule has 1 heterocycles. The van der Waals surface area contributed by atoms with Gasteiger partial charge in [0.1, 0.15) is 5.82 Å². The fraction of sp³-hybridized carbons (Fsp3) is 0.353. The third-order valence-electron chi connectivity index (χ3n) is 3.05. The number of rotatable bonds is 4. The van der Waals surface area contributed by atoms with Gasteiger partial charge >= 0.3 is 0 Å². The number of amides is 1. The summed E-state index contributed by atoms with van der Waals surface area (Å²) in [5, 5.41) is 14.2. The SMILES string of the molecule is CC(Nc1ccc(C(=O)NC(C)(C)C)nn1)c1ccccc1. The molecule has 0 spiro atoms. The van der Waals surface area contributed by atoms with Gasteiger partial charge in [-0.25, -0.2) is 0 Å². The second-order valence-electron chi connectivity index (χ2n) is 6.28. The zero-order valence-corrected chi connectivity index (χ0v) is 13.4. The van der Waals surface area contributed by atoms with Crippen molar-refractivity contribution in [3.05, 3.63) is 53.7 Å². The molecule has 0 saturated carbocycles. The van der Waals surface area contributed by atoms with Crippen LogP contribution in [0.3, 0.4) is 0 Å². The number of nitrogens with one attached hydrogen (secondary N) is 2.